The summed E-state index contributed by atoms with van der Waals surface area (Å²) >= 11 is 0. The molecule has 0 fully saturated rings. The second-order valence-electron chi connectivity index (χ2n) is 5.72. The molecule has 23 heavy (non-hydrogen) atoms. The molecule has 0 spiro atoms. The fraction of sp³-hybridized carbons (Fsp3) is 0.294. The van der Waals surface area contributed by atoms with Gasteiger partial charge in [-0.15, -0.1) is 0 Å². The Bertz CT molecular complexity index is 810. The summed E-state index contributed by atoms with van der Waals surface area (Å²) in [6.45, 7) is 1.43. The molecule has 3 aromatic rings. The predicted molar refractivity (Wildman–Crippen MR) is 83.1 cm³/mol. The van der Waals surface area contributed by atoms with E-state index in [4.69, 9.17) is 4.42 Å². The van der Waals surface area contributed by atoms with Crippen LogP contribution in [0, 0.1) is 5.82 Å². The summed E-state index contributed by atoms with van der Waals surface area (Å²) in [6, 6.07) is 10.7. The summed E-state index contributed by atoms with van der Waals surface area (Å²) < 4.78 is 21.5. The first-order chi connectivity index (χ1) is 11.3. The summed E-state index contributed by atoms with van der Waals surface area (Å²) in [5.74, 6) is 2.13. The van der Waals surface area contributed by atoms with Gasteiger partial charge in [0.2, 0.25) is 0 Å². The second-order valence-corrected chi connectivity index (χ2v) is 5.72. The average molecular weight is 312 g/mol. The topological polar surface area (TPSA) is 55.9 Å². The fourth-order valence-electron chi connectivity index (χ4n) is 2.93. The molecule has 1 N–H and O–H groups in total. The van der Waals surface area contributed by atoms with Crippen molar-refractivity contribution in [3.05, 3.63) is 60.1 Å². The number of hydrogen-bond donors (Lipinski definition) is 1. The Morgan fingerprint density at radius 1 is 1.26 bits per heavy atom. The van der Waals surface area contributed by atoms with Crippen LogP contribution in [0.3, 0.4) is 0 Å². The number of hydrogen-bond acceptors (Lipinski definition) is 4. The summed E-state index contributed by atoms with van der Waals surface area (Å²) in [4.78, 5) is 4.22. The number of furan rings is 1. The average Bonchev–Trinajstić information content (AvgIpc) is 3.22. The summed E-state index contributed by atoms with van der Waals surface area (Å²) in [7, 11) is 0. The Labute approximate surface area is 133 Å². The maximum atomic E-state index is 13.8. The van der Waals surface area contributed by atoms with E-state index in [1.54, 1.807) is 24.5 Å². The molecule has 0 saturated heterocycles. The molecule has 1 aliphatic rings. The lowest BCUT2D eigenvalue weighted by Crippen LogP contribution is -2.37. The van der Waals surface area contributed by atoms with Crippen molar-refractivity contribution in [2.45, 2.75) is 32.0 Å². The highest BCUT2D eigenvalue weighted by atomic mass is 19.1. The lowest BCUT2D eigenvalue weighted by molar-refractivity contribution is 0.345. The van der Waals surface area contributed by atoms with Gasteiger partial charge >= 0.3 is 0 Å². The lowest BCUT2D eigenvalue weighted by atomic mass is 10.1. The standard InChI is InChI=1S/C17H17FN4O/c18-15-4-2-1-3-14(15)16-7-6-13(23-16)9-19-12-5-8-17-20-11-21-22(17)10-12/h1-4,6-7,11-12,19H,5,8-10H2/t12-/m0/s1. The SMILES string of the molecule is Fc1ccccc1-c1ccc(CN[C@H]2CCc3ncnn3C2)o1. The van der Waals surface area contributed by atoms with Crippen molar-refractivity contribution < 1.29 is 8.81 Å². The maximum Gasteiger partial charge on any atom is 0.138 e. The van der Waals surface area contributed by atoms with Crippen molar-refractivity contribution in [2.24, 2.45) is 0 Å². The van der Waals surface area contributed by atoms with Crippen molar-refractivity contribution in [3.8, 4) is 11.3 Å². The van der Waals surface area contributed by atoms with E-state index in [0.717, 1.165) is 31.0 Å². The normalized spacial score (nSPS) is 17.2. The van der Waals surface area contributed by atoms with Crippen LogP contribution in [-0.2, 0) is 19.5 Å². The quantitative estimate of drug-likeness (QED) is 0.805. The van der Waals surface area contributed by atoms with Gasteiger partial charge in [0.15, 0.2) is 0 Å². The summed E-state index contributed by atoms with van der Waals surface area (Å²) in [5.41, 5.74) is 0.490. The maximum absolute atomic E-state index is 13.8. The van der Waals surface area contributed by atoms with Crippen LogP contribution in [0.15, 0.2) is 47.1 Å². The zero-order valence-corrected chi connectivity index (χ0v) is 12.6. The third-order valence-corrected chi connectivity index (χ3v) is 4.17. The fourth-order valence-corrected chi connectivity index (χ4v) is 2.93. The lowest BCUT2D eigenvalue weighted by Gasteiger charge is -2.23. The first-order valence-corrected chi connectivity index (χ1v) is 7.73. The zero-order chi connectivity index (χ0) is 15.6. The number of halogens is 1. The van der Waals surface area contributed by atoms with Gasteiger partial charge in [0.05, 0.1) is 18.7 Å². The zero-order valence-electron chi connectivity index (χ0n) is 12.6. The van der Waals surface area contributed by atoms with Crippen molar-refractivity contribution >= 4 is 0 Å². The summed E-state index contributed by atoms with van der Waals surface area (Å²) in [5, 5.41) is 7.69. The molecule has 0 bridgehead atoms. The third kappa shape index (κ3) is 2.90. The van der Waals surface area contributed by atoms with Crippen LogP contribution in [0.4, 0.5) is 4.39 Å². The molecule has 0 aliphatic carbocycles. The van der Waals surface area contributed by atoms with Gasteiger partial charge < -0.3 is 9.73 Å². The van der Waals surface area contributed by atoms with Gasteiger partial charge in [0, 0.05) is 12.5 Å². The van der Waals surface area contributed by atoms with Gasteiger partial charge in [0.25, 0.3) is 0 Å². The van der Waals surface area contributed by atoms with Gasteiger partial charge in [-0.05, 0) is 30.7 Å². The first-order valence-electron chi connectivity index (χ1n) is 7.73. The van der Waals surface area contributed by atoms with Gasteiger partial charge in [0.1, 0.15) is 29.5 Å². The molecule has 3 heterocycles. The van der Waals surface area contributed by atoms with Crippen molar-refractivity contribution in [3.63, 3.8) is 0 Å². The predicted octanol–water partition coefficient (Wildman–Crippen LogP) is 2.78. The Kier molecular flexibility index (Phi) is 3.67. The molecule has 2 aromatic heterocycles. The van der Waals surface area contributed by atoms with Gasteiger partial charge in [-0.25, -0.2) is 14.1 Å². The number of nitrogens with one attached hydrogen (secondary N) is 1. The van der Waals surface area contributed by atoms with Crippen LogP contribution in [0.5, 0.6) is 0 Å². The van der Waals surface area contributed by atoms with E-state index in [1.165, 1.54) is 6.07 Å². The highest BCUT2D eigenvalue weighted by molar-refractivity contribution is 5.58. The number of fused-ring (bicyclic) bond motifs is 1. The first kappa shape index (κ1) is 14.1. The smallest absolute Gasteiger partial charge is 0.138 e. The van der Waals surface area contributed by atoms with Crippen molar-refractivity contribution in [1.82, 2.24) is 20.1 Å². The molecule has 4 rings (SSSR count). The largest absolute Gasteiger partial charge is 0.460 e. The Morgan fingerprint density at radius 2 is 2.17 bits per heavy atom. The van der Waals surface area contributed by atoms with E-state index in [2.05, 4.69) is 15.4 Å². The van der Waals surface area contributed by atoms with E-state index in [1.807, 2.05) is 16.8 Å². The van der Waals surface area contributed by atoms with Crippen LogP contribution < -0.4 is 5.32 Å². The minimum Gasteiger partial charge on any atom is -0.460 e. The number of aryl methyl sites for hydroxylation is 1. The van der Waals surface area contributed by atoms with E-state index in [9.17, 15) is 4.39 Å². The van der Waals surface area contributed by atoms with Gasteiger partial charge in [-0.2, -0.15) is 5.10 Å². The highest BCUT2D eigenvalue weighted by Gasteiger charge is 2.19. The molecule has 0 radical (unpaired) electrons. The van der Waals surface area contributed by atoms with Crippen LogP contribution in [0.1, 0.15) is 18.0 Å². The molecular formula is C17H17FN4O. The number of aromatic nitrogens is 3. The van der Waals surface area contributed by atoms with Crippen molar-refractivity contribution in [2.75, 3.05) is 0 Å². The molecule has 6 heteroatoms. The molecule has 0 amide bonds. The molecular weight excluding hydrogens is 295 g/mol. The number of benzene rings is 1. The molecule has 0 saturated carbocycles. The second kappa shape index (κ2) is 5.96. The molecule has 118 valence electrons. The number of rotatable bonds is 4. The highest BCUT2D eigenvalue weighted by Crippen LogP contribution is 2.24. The molecule has 1 aromatic carbocycles. The van der Waals surface area contributed by atoms with Crippen LogP contribution >= 0.6 is 0 Å². The van der Waals surface area contributed by atoms with Crippen LogP contribution in [0.25, 0.3) is 11.3 Å². The minimum absolute atomic E-state index is 0.271. The van der Waals surface area contributed by atoms with E-state index >= 15 is 0 Å². The minimum atomic E-state index is -0.271. The Hall–Kier alpha value is -2.47. The van der Waals surface area contributed by atoms with Gasteiger partial charge in [-0.3, -0.25) is 0 Å². The Morgan fingerprint density at radius 3 is 3.09 bits per heavy atom. The summed E-state index contributed by atoms with van der Waals surface area (Å²) in [6.07, 6.45) is 3.56. The van der Waals surface area contributed by atoms with E-state index < -0.39 is 0 Å². The van der Waals surface area contributed by atoms with Crippen LogP contribution in [0.2, 0.25) is 0 Å². The monoisotopic (exact) mass is 312 g/mol. The van der Waals surface area contributed by atoms with Crippen molar-refractivity contribution in [1.29, 1.82) is 0 Å². The molecule has 1 atom stereocenters. The molecule has 1 aliphatic heterocycles. The van der Waals surface area contributed by atoms with E-state index in [0.29, 0.717) is 23.9 Å². The third-order valence-electron chi connectivity index (χ3n) is 4.17. The molecule has 0 unspecified atom stereocenters. The Balaban J connectivity index is 1.40. The van der Waals surface area contributed by atoms with Crippen LogP contribution in [-0.4, -0.2) is 20.8 Å². The number of nitrogens with zero attached hydrogens (tertiary/aromatic N) is 3. The van der Waals surface area contributed by atoms with Gasteiger partial charge in [-0.1, -0.05) is 12.1 Å². The molecule has 5 nitrogen and oxygen atoms in total. The van der Waals surface area contributed by atoms with E-state index in [-0.39, 0.29) is 5.82 Å².